The van der Waals surface area contributed by atoms with E-state index in [2.05, 4.69) is 9.97 Å². The average molecular weight is 180 g/mol. The van der Waals surface area contributed by atoms with E-state index in [1.807, 2.05) is 6.07 Å². The molecule has 0 atom stereocenters. The van der Waals surface area contributed by atoms with Crippen molar-refractivity contribution in [3.8, 4) is 0 Å². The van der Waals surface area contributed by atoms with Crippen molar-refractivity contribution in [3.05, 3.63) is 18.5 Å². The first-order valence-electron chi connectivity index (χ1n) is 3.46. The van der Waals surface area contributed by atoms with Gasteiger partial charge in [-0.05, 0) is 6.07 Å². The van der Waals surface area contributed by atoms with E-state index in [9.17, 15) is 0 Å². The molecular weight excluding hydrogens is 172 g/mol. The largest absolute Gasteiger partial charge is 0.289 e. The fourth-order valence-electron chi connectivity index (χ4n) is 0.919. The molecule has 0 aliphatic heterocycles. The van der Waals surface area contributed by atoms with Crippen LogP contribution in [0.25, 0.3) is 10.2 Å². The van der Waals surface area contributed by atoms with Crippen LogP contribution in [-0.2, 0) is 0 Å². The summed E-state index contributed by atoms with van der Waals surface area (Å²) in [5.74, 6) is 5.54. The van der Waals surface area contributed by atoms with Crippen molar-refractivity contribution >= 4 is 26.7 Å². The molecule has 2 aromatic rings. The van der Waals surface area contributed by atoms with Crippen LogP contribution in [0.2, 0.25) is 0 Å². The molecule has 2 aromatic heterocycles. The number of rotatable bonds is 1. The first-order valence-corrected chi connectivity index (χ1v) is 4.28. The van der Waals surface area contributed by atoms with E-state index in [4.69, 9.17) is 5.84 Å². The summed E-state index contributed by atoms with van der Waals surface area (Å²) in [5, 5.41) is 2.31. The molecule has 12 heavy (non-hydrogen) atoms. The second kappa shape index (κ2) is 2.69. The molecule has 2 N–H and O–H groups in total. The fraction of sp³-hybridized carbons (Fsp3) is 0.143. The molecule has 0 saturated heterocycles. The molecular formula is C7H8N4S. The molecule has 0 saturated carbocycles. The SMILES string of the molecule is CN(N)c1nc2ccncc2s1. The first-order chi connectivity index (χ1) is 5.77. The number of nitrogens with zero attached hydrogens (tertiary/aromatic N) is 3. The lowest BCUT2D eigenvalue weighted by molar-refractivity contribution is 1.01. The summed E-state index contributed by atoms with van der Waals surface area (Å²) >= 11 is 1.53. The van der Waals surface area contributed by atoms with Gasteiger partial charge in [-0.2, -0.15) is 0 Å². The molecule has 0 aliphatic rings. The van der Waals surface area contributed by atoms with Gasteiger partial charge in [0.2, 0.25) is 5.13 Å². The lowest BCUT2D eigenvalue weighted by Gasteiger charge is -2.04. The zero-order chi connectivity index (χ0) is 8.55. The van der Waals surface area contributed by atoms with Gasteiger partial charge >= 0.3 is 0 Å². The molecule has 0 spiro atoms. The molecule has 0 bridgehead atoms. The molecule has 0 fully saturated rings. The Hall–Kier alpha value is -1.20. The maximum absolute atomic E-state index is 5.54. The molecule has 0 unspecified atom stereocenters. The molecule has 0 amide bonds. The van der Waals surface area contributed by atoms with Crippen molar-refractivity contribution in [3.63, 3.8) is 0 Å². The second-order valence-corrected chi connectivity index (χ2v) is 3.46. The Bertz CT molecular complexity index is 362. The topological polar surface area (TPSA) is 55.0 Å². The maximum atomic E-state index is 5.54. The van der Waals surface area contributed by atoms with E-state index >= 15 is 0 Å². The number of thiazole rings is 1. The summed E-state index contributed by atoms with van der Waals surface area (Å²) in [4.78, 5) is 8.29. The van der Waals surface area contributed by atoms with Gasteiger partial charge in [-0.15, -0.1) is 0 Å². The van der Waals surface area contributed by atoms with Gasteiger partial charge in [0.15, 0.2) is 0 Å². The van der Waals surface area contributed by atoms with Crippen LogP contribution in [0, 0.1) is 0 Å². The normalized spacial score (nSPS) is 10.5. The summed E-state index contributed by atoms with van der Waals surface area (Å²) < 4.78 is 1.06. The molecule has 2 rings (SSSR count). The fourth-order valence-corrected chi connectivity index (χ4v) is 1.74. The minimum Gasteiger partial charge on any atom is -0.289 e. The van der Waals surface area contributed by atoms with Crippen molar-refractivity contribution in [2.45, 2.75) is 0 Å². The van der Waals surface area contributed by atoms with Gasteiger partial charge < -0.3 is 0 Å². The highest BCUT2D eigenvalue weighted by molar-refractivity contribution is 7.22. The molecule has 5 heteroatoms. The molecule has 4 nitrogen and oxygen atoms in total. The van der Waals surface area contributed by atoms with Crippen molar-refractivity contribution in [2.75, 3.05) is 12.1 Å². The first kappa shape index (κ1) is 7.45. The molecule has 2 heterocycles. The van der Waals surface area contributed by atoms with Gasteiger partial charge in [-0.3, -0.25) is 9.99 Å². The summed E-state index contributed by atoms with van der Waals surface area (Å²) in [5.41, 5.74) is 0.947. The lowest BCUT2D eigenvalue weighted by Crippen LogP contribution is -2.24. The quantitative estimate of drug-likeness (QED) is 0.525. The average Bonchev–Trinajstić information content (AvgIpc) is 2.46. The highest BCUT2D eigenvalue weighted by Gasteiger charge is 2.03. The number of hydrazine groups is 1. The van der Waals surface area contributed by atoms with E-state index in [-0.39, 0.29) is 0 Å². The van der Waals surface area contributed by atoms with Crippen molar-refractivity contribution in [1.29, 1.82) is 0 Å². The summed E-state index contributed by atoms with van der Waals surface area (Å²) in [6.07, 6.45) is 3.52. The zero-order valence-electron chi connectivity index (χ0n) is 6.56. The van der Waals surface area contributed by atoms with Crippen LogP contribution in [0.15, 0.2) is 18.5 Å². The monoisotopic (exact) mass is 180 g/mol. The number of fused-ring (bicyclic) bond motifs is 1. The number of hydrogen-bond donors (Lipinski definition) is 1. The smallest absolute Gasteiger partial charge is 0.200 e. The highest BCUT2D eigenvalue weighted by atomic mass is 32.1. The maximum Gasteiger partial charge on any atom is 0.200 e. The Labute approximate surface area is 73.6 Å². The second-order valence-electron chi connectivity index (χ2n) is 2.45. The van der Waals surface area contributed by atoms with Crippen LogP contribution in [0.3, 0.4) is 0 Å². The predicted molar refractivity (Wildman–Crippen MR) is 50.0 cm³/mol. The van der Waals surface area contributed by atoms with Gasteiger partial charge in [0.05, 0.1) is 10.2 Å². The van der Waals surface area contributed by atoms with Crippen molar-refractivity contribution in [2.24, 2.45) is 5.84 Å². The number of anilines is 1. The Morgan fingerprint density at radius 3 is 3.08 bits per heavy atom. The summed E-state index contributed by atoms with van der Waals surface area (Å²) in [7, 11) is 1.77. The van der Waals surface area contributed by atoms with E-state index in [1.165, 1.54) is 16.3 Å². The third-order valence-corrected chi connectivity index (χ3v) is 2.58. The third-order valence-electron chi connectivity index (χ3n) is 1.48. The van der Waals surface area contributed by atoms with Gasteiger partial charge in [0.25, 0.3) is 0 Å². The summed E-state index contributed by atoms with van der Waals surface area (Å²) in [6, 6.07) is 1.87. The molecule has 0 aromatic carbocycles. The van der Waals surface area contributed by atoms with Crippen LogP contribution in [0.1, 0.15) is 0 Å². The highest BCUT2D eigenvalue weighted by Crippen LogP contribution is 2.25. The van der Waals surface area contributed by atoms with E-state index in [0.717, 1.165) is 15.3 Å². The van der Waals surface area contributed by atoms with Gasteiger partial charge in [-0.25, -0.2) is 10.8 Å². The molecule has 0 radical (unpaired) electrons. The Morgan fingerprint density at radius 1 is 1.58 bits per heavy atom. The van der Waals surface area contributed by atoms with E-state index in [1.54, 1.807) is 19.4 Å². The minimum atomic E-state index is 0.804. The van der Waals surface area contributed by atoms with Crippen LogP contribution in [-0.4, -0.2) is 17.0 Å². The van der Waals surface area contributed by atoms with Crippen LogP contribution in [0.4, 0.5) is 5.13 Å². The number of aromatic nitrogens is 2. The Morgan fingerprint density at radius 2 is 2.42 bits per heavy atom. The zero-order valence-corrected chi connectivity index (χ0v) is 7.38. The summed E-state index contributed by atoms with van der Waals surface area (Å²) in [6.45, 7) is 0. The Balaban J connectivity index is 2.62. The number of hydrogen-bond acceptors (Lipinski definition) is 5. The number of pyridine rings is 1. The van der Waals surface area contributed by atoms with Crippen molar-refractivity contribution < 1.29 is 0 Å². The van der Waals surface area contributed by atoms with Crippen LogP contribution < -0.4 is 10.9 Å². The molecule has 62 valence electrons. The predicted octanol–water partition coefficient (Wildman–Crippen LogP) is 1.00. The lowest BCUT2D eigenvalue weighted by atomic mass is 10.4. The standard InChI is InChI=1S/C7H8N4S/c1-11(8)7-10-5-2-3-9-4-6(5)12-7/h2-4H,8H2,1H3. The molecule has 0 aliphatic carbocycles. The third kappa shape index (κ3) is 1.13. The Kier molecular flexibility index (Phi) is 1.67. The van der Waals surface area contributed by atoms with Gasteiger partial charge in [-0.1, -0.05) is 11.3 Å². The van der Waals surface area contributed by atoms with Gasteiger partial charge in [0, 0.05) is 19.4 Å². The van der Waals surface area contributed by atoms with Crippen LogP contribution in [0.5, 0.6) is 0 Å². The van der Waals surface area contributed by atoms with Crippen LogP contribution >= 0.6 is 11.3 Å². The minimum absolute atomic E-state index is 0.804. The van der Waals surface area contributed by atoms with E-state index < -0.39 is 0 Å². The van der Waals surface area contributed by atoms with E-state index in [0.29, 0.717) is 0 Å². The number of nitrogens with two attached hydrogens (primary N) is 1. The van der Waals surface area contributed by atoms with Gasteiger partial charge in [0.1, 0.15) is 0 Å². The van der Waals surface area contributed by atoms with Crippen molar-refractivity contribution in [1.82, 2.24) is 9.97 Å².